The van der Waals surface area contributed by atoms with Gasteiger partial charge in [0.25, 0.3) is 0 Å². The lowest BCUT2D eigenvalue weighted by molar-refractivity contribution is 0.980. The molecule has 2 aromatic heterocycles. The van der Waals surface area contributed by atoms with E-state index < -0.39 is 0 Å². The molecule has 2 rings (SSSR count). The van der Waals surface area contributed by atoms with Gasteiger partial charge in [0, 0.05) is 24.5 Å². The van der Waals surface area contributed by atoms with Gasteiger partial charge in [-0.05, 0) is 25.0 Å². The van der Waals surface area contributed by atoms with Crippen LogP contribution in [0.2, 0.25) is 0 Å². The maximum atomic E-state index is 5.36. The molecule has 94 valence electrons. The minimum Gasteiger partial charge on any atom is -0.369 e. The molecule has 0 unspecified atom stereocenters. The molecule has 4 N–H and O–H groups in total. The third kappa shape index (κ3) is 2.92. The van der Waals surface area contributed by atoms with Crippen LogP contribution in [0.1, 0.15) is 11.1 Å². The summed E-state index contributed by atoms with van der Waals surface area (Å²) in [4.78, 5) is 12.3. The number of nitrogen functional groups attached to an aromatic ring is 1. The van der Waals surface area contributed by atoms with Crippen LogP contribution >= 0.6 is 0 Å². The third-order valence-corrected chi connectivity index (χ3v) is 2.65. The summed E-state index contributed by atoms with van der Waals surface area (Å²) in [5.41, 5.74) is 4.64. The van der Waals surface area contributed by atoms with Crippen molar-refractivity contribution in [1.29, 1.82) is 0 Å². The zero-order valence-electron chi connectivity index (χ0n) is 10.2. The zero-order valence-corrected chi connectivity index (χ0v) is 10.2. The Morgan fingerprint density at radius 1 is 1.28 bits per heavy atom. The fourth-order valence-corrected chi connectivity index (χ4v) is 1.65. The van der Waals surface area contributed by atoms with E-state index in [0.717, 1.165) is 24.3 Å². The topological polar surface area (TPSA) is 88.8 Å². The van der Waals surface area contributed by atoms with Gasteiger partial charge in [-0.1, -0.05) is 6.07 Å². The van der Waals surface area contributed by atoms with Gasteiger partial charge in [0.15, 0.2) is 0 Å². The molecule has 0 atom stereocenters. The normalized spacial score (nSPS) is 10.1. The molecule has 0 bridgehead atoms. The number of hydrazine groups is 1. The highest BCUT2D eigenvalue weighted by atomic mass is 15.3. The highest BCUT2D eigenvalue weighted by Crippen LogP contribution is 2.16. The number of nitrogens with two attached hydrogens (primary N) is 1. The average molecular weight is 244 g/mol. The van der Waals surface area contributed by atoms with Crippen molar-refractivity contribution in [3.05, 3.63) is 42.0 Å². The number of nitrogens with one attached hydrogen (secondary N) is 2. The Hall–Kier alpha value is -2.21. The van der Waals surface area contributed by atoms with Crippen molar-refractivity contribution >= 4 is 11.6 Å². The molecule has 18 heavy (non-hydrogen) atoms. The molecule has 0 spiro atoms. The van der Waals surface area contributed by atoms with Crippen molar-refractivity contribution in [3.63, 3.8) is 0 Å². The average Bonchev–Trinajstić information content (AvgIpc) is 2.42. The molecule has 0 aliphatic rings. The van der Waals surface area contributed by atoms with E-state index in [9.17, 15) is 0 Å². The molecule has 0 aliphatic carbocycles. The SMILES string of the molecule is Cc1c(NN)ncnc1NCCc1cccnc1. The predicted molar refractivity (Wildman–Crippen MR) is 71.0 cm³/mol. The van der Waals surface area contributed by atoms with Gasteiger partial charge >= 0.3 is 0 Å². The quantitative estimate of drug-likeness (QED) is 0.539. The molecule has 0 aromatic carbocycles. The summed E-state index contributed by atoms with van der Waals surface area (Å²) < 4.78 is 0. The van der Waals surface area contributed by atoms with Gasteiger partial charge in [0.05, 0.1) is 0 Å². The van der Waals surface area contributed by atoms with Crippen LogP contribution in [0.3, 0.4) is 0 Å². The van der Waals surface area contributed by atoms with Gasteiger partial charge in [-0.3, -0.25) is 4.98 Å². The first kappa shape index (κ1) is 12.3. The maximum Gasteiger partial charge on any atom is 0.148 e. The van der Waals surface area contributed by atoms with Crippen LogP contribution in [0.5, 0.6) is 0 Å². The largest absolute Gasteiger partial charge is 0.369 e. The number of hydrogen-bond acceptors (Lipinski definition) is 6. The van der Waals surface area contributed by atoms with E-state index in [1.807, 2.05) is 25.3 Å². The highest BCUT2D eigenvalue weighted by Gasteiger charge is 2.04. The highest BCUT2D eigenvalue weighted by molar-refractivity contribution is 5.55. The summed E-state index contributed by atoms with van der Waals surface area (Å²) in [5.74, 6) is 6.79. The predicted octanol–water partition coefficient (Wildman–Crippen LogP) is 1.12. The first-order valence-corrected chi connectivity index (χ1v) is 5.72. The lowest BCUT2D eigenvalue weighted by Gasteiger charge is -2.10. The fraction of sp³-hybridized carbons (Fsp3) is 0.250. The second-order valence-electron chi connectivity index (χ2n) is 3.88. The van der Waals surface area contributed by atoms with Crippen molar-refractivity contribution in [1.82, 2.24) is 15.0 Å². The van der Waals surface area contributed by atoms with Crippen LogP contribution in [-0.4, -0.2) is 21.5 Å². The summed E-state index contributed by atoms with van der Waals surface area (Å²) in [6.07, 6.45) is 6.00. The third-order valence-electron chi connectivity index (χ3n) is 2.65. The Balaban J connectivity index is 1.95. The van der Waals surface area contributed by atoms with Crippen molar-refractivity contribution in [2.75, 3.05) is 17.3 Å². The minimum absolute atomic E-state index is 0.633. The molecule has 0 fully saturated rings. The molecular formula is C12H16N6. The smallest absolute Gasteiger partial charge is 0.148 e. The number of rotatable bonds is 5. The van der Waals surface area contributed by atoms with Gasteiger partial charge in [0.1, 0.15) is 18.0 Å². The molecule has 0 saturated heterocycles. The van der Waals surface area contributed by atoms with E-state index in [-0.39, 0.29) is 0 Å². The Bertz CT molecular complexity index is 499. The molecule has 0 aliphatic heterocycles. The monoisotopic (exact) mass is 244 g/mol. The van der Waals surface area contributed by atoms with E-state index in [4.69, 9.17) is 5.84 Å². The Labute approximate surface area is 106 Å². The Morgan fingerprint density at radius 2 is 2.11 bits per heavy atom. The Morgan fingerprint density at radius 3 is 2.83 bits per heavy atom. The van der Waals surface area contributed by atoms with Crippen LogP contribution in [0.4, 0.5) is 11.6 Å². The second kappa shape index (κ2) is 5.92. The van der Waals surface area contributed by atoms with E-state index in [0.29, 0.717) is 5.82 Å². The van der Waals surface area contributed by atoms with E-state index in [1.165, 1.54) is 11.9 Å². The molecule has 0 amide bonds. The maximum absolute atomic E-state index is 5.36. The van der Waals surface area contributed by atoms with Crippen molar-refractivity contribution in [2.24, 2.45) is 5.84 Å². The fourth-order valence-electron chi connectivity index (χ4n) is 1.65. The molecule has 6 heteroatoms. The van der Waals surface area contributed by atoms with Gasteiger partial charge in [-0.2, -0.15) is 0 Å². The van der Waals surface area contributed by atoms with Gasteiger partial charge in [0.2, 0.25) is 0 Å². The van der Waals surface area contributed by atoms with E-state index in [1.54, 1.807) is 6.20 Å². The van der Waals surface area contributed by atoms with Gasteiger partial charge in [-0.25, -0.2) is 15.8 Å². The standard InChI is InChI=1S/C12H16N6/c1-9-11(16-8-17-12(9)18-13)15-6-4-10-3-2-5-14-7-10/h2-3,5,7-8H,4,6,13H2,1H3,(H2,15,16,17,18). The first-order chi connectivity index (χ1) is 8.81. The lowest BCUT2D eigenvalue weighted by Crippen LogP contribution is -2.13. The van der Waals surface area contributed by atoms with Crippen molar-refractivity contribution in [2.45, 2.75) is 13.3 Å². The van der Waals surface area contributed by atoms with E-state index >= 15 is 0 Å². The van der Waals surface area contributed by atoms with Crippen molar-refractivity contribution in [3.8, 4) is 0 Å². The Kier molecular flexibility index (Phi) is 4.03. The molecule has 0 radical (unpaired) electrons. The molecule has 2 heterocycles. The zero-order chi connectivity index (χ0) is 12.8. The molecule has 6 nitrogen and oxygen atoms in total. The van der Waals surface area contributed by atoms with Crippen LogP contribution in [0.25, 0.3) is 0 Å². The minimum atomic E-state index is 0.633. The second-order valence-corrected chi connectivity index (χ2v) is 3.88. The summed E-state index contributed by atoms with van der Waals surface area (Å²) in [7, 11) is 0. The molecule has 2 aromatic rings. The number of hydrogen-bond donors (Lipinski definition) is 3. The van der Waals surface area contributed by atoms with Crippen LogP contribution < -0.4 is 16.6 Å². The number of nitrogens with zero attached hydrogens (tertiary/aromatic N) is 3. The first-order valence-electron chi connectivity index (χ1n) is 5.72. The summed E-state index contributed by atoms with van der Waals surface area (Å²) in [6, 6.07) is 3.98. The van der Waals surface area contributed by atoms with Crippen molar-refractivity contribution < 1.29 is 0 Å². The van der Waals surface area contributed by atoms with Crippen LogP contribution in [0.15, 0.2) is 30.9 Å². The van der Waals surface area contributed by atoms with E-state index in [2.05, 4.69) is 25.7 Å². The summed E-state index contributed by atoms with van der Waals surface area (Å²) >= 11 is 0. The summed E-state index contributed by atoms with van der Waals surface area (Å²) in [5, 5.41) is 3.26. The van der Waals surface area contributed by atoms with Crippen LogP contribution in [-0.2, 0) is 6.42 Å². The van der Waals surface area contributed by atoms with Gasteiger partial charge < -0.3 is 10.7 Å². The molecule has 0 saturated carbocycles. The summed E-state index contributed by atoms with van der Waals surface area (Å²) in [6.45, 7) is 2.70. The number of aromatic nitrogens is 3. The number of anilines is 2. The number of pyridine rings is 1. The molecular weight excluding hydrogens is 228 g/mol. The lowest BCUT2D eigenvalue weighted by atomic mass is 10.2. The van der Waals surface area contributed by atoms with Gasteiger partial charge in [-0.15, -0.1) is 0 Å². The van der Waals surface area contributed by atoms with Crippen LogP contribution in [0, 0.1) is 6.92 Å².